The number of benzene rings is 2. The number of carbonyl (C=O) groups is 2. The third-order valence-electron chi connectivity index (χ3n) is 7.36. The van der Waals surface area contributed by atoms with Crippen LogP contribution in [0.1, 0.15) is 70.4 Å². The number of rotatable bonds is 4. The molecule has 0 aromatic heterocycles. The van der Waals surface area contributed by atoms with Crippen molar-refractivity contribution in [3.63, 3.8) is 0 Å². The molecule has 37 heavy (non-hydrogen) atoms. The van der Waals surface area contributed by atoms with Crippen molar-refractivity contribution in [2.45, 2.75) is 65.9 Å². The summed E-state index contributed by atoms with van der Waals surface area (Å²) in [5.74, 6) is -0.573. The third kappa shape index (κ3) is 5.08. The Morgan fingerprint density at radius 2 is 1.43 bits per heavy atom. The first-order valence-corrected chi connectivity index (χ1v) is 13.2. The highest BCUT2D eigenvalue weighted by Crippen LogP contribution is 2.53. The molecule has 0 saturated carbocycles. The summed E-state index contributed by atoms with van der Waals surface area (Å²) in [4.78, 5) is 27.3. The number of hydrogen-bond acceptors (Lipinski definition) is 4. The molecule has 2 aromatic rings. The lowest BCUT2D eigenvalue weighted by Gasteiger charge is -2.44. The summed E-state index contributed by atoms with van der Waals surface area (Å²) in [5, 5.41) is 4.20. The molecule has 4 nitrogen and oxygen atoms in total. The average Bonchev–Trinajstić information content (AvgIpc) is 2.76. The Kier molecular flexibility index (Phi) is 6.52. The lowest BCUT2D eigenvalue weighted by Crippen LogP contribution is -2.42. The van der Waals surface area contributed by atoms with Crippen LogP contribution in [-0.4, -0.2) is 11.6 Å². The minimum Gasteiger partial charge on any atom is -0.487 e. The zero-order valence-electron chi connectivity index (χ0n) is 21.4. The van der Waals surface area contributed by atoms with E-state index in [0.717, 1.165) is 17.0 Å². The number of ketones is 2. The number of nitrogens with one attached hydrogen (secondary N) is 1. The van der Waals surface area contributed by atoms with E-state index in [1.165, 1.54) is 12.1 Å². The molecule has 0 saturated heterocycles. The Hall–Kier alpha value is -2.63. The number of carbonyl (C=O) groups excluding carboxylic acids is 2. The third-order valence-corrected chi connectivity index (χ3v) is 7.86. The maximum absolute atomic E-state index is 13.7. The van der Waals surface area contributed by atoms with Crippen LogP contribution in [0.2, 0.25) is 10.0 Å². The van der Waals surface area contributed by atoms with Gasteiger partial charge in [0.2, 0.25) is 0 Å². The maximum Gasteiger partial charge on any atom is 0.162 e. The molecule has 0 bridgehead atoms. The molecule has 5 rings (SSSR count). The standard InChI is InChI=1S/C30H30Cl2FNO3/c1-29(2)11-21-26(23(35)13-29)25(27-22(34-21)12-30(3,4)14-24(27)36)19-9-17(31)10-20(32)28(19)37-15-16-5-7-18(33)8-6-16/h5-10,25,34H,11-15H2,1-4H3. The van der Waals surface area contributed by atoms with Crippen LogP contribution < -0.4 is 10.1 Å². The molecule has 1 N–H and O–H groups in total. The Morgan fingerprint density at radius 3 is 1.97 bits per heavy atom. The fourth-order valence-corrected chi connectivity index (χ4v) is 6.45. The quantitative estimate of drug-likeness (QED) is 0.431. The number of Topliss-reactive ketones (excluding diaryl/α,β-unsaturated/α-hetero) is 2. The Bertz CT molecular complexity index is 1320. The molecular weight excluding hydrogens is 512 g/mol. The number of dihydropyridines is 1. The lowest BCUT2D eigenvalue weighted by molar-refractivity contribution is -0.119. The monoisotopic (exact) mass is 541 g/mol. The molecule has 2 aliphatic carbocycles. The highest BCUT2D eigenvalue weighted by Gasteiger charge is 2.47. The van der Waals surface area contributed by atoms with Crippen molar-refractivity contribution in [3.8, 4) is 5.75 Å². The smallest absolute Gasteiger partial charge is 0.162 e. The molecule has 0 spiro atoms. The van der Waals surface area contributed by atoms with Gasteiger partial charge < -0.3 is 10.1 Å². The van der Waals surface area contributed by atoms with Gasteiger partial charge in [-0.25, -0.2) is 4.39 Å². The summed E-state index contributed by atoms with van der Waals surface area (Å²) in [5.41, 5.74) is 3.86. The van der Waals surface area contributed by atoms with E-state index in [1.807, 2.05) is 0 Å². The zero-order valence-corrected chi connectivity index (χ0v) is 22.9. The zero-order chi connectivity index (χ0) is 26.7. The van der Waals surface area contributed by atoms with E-state index in [9.17, 15) is 14.0 Å². The highest BCUT2D eigenvalue weighted by atomic mass is 35.5. The van der Waals surface area contributed by atoms with Crippen molar-refractivity contribution < 1.29 is 18.7 Å². The van der Waals surface area contributed by atoms with E-state index in [1.54, 1.807) is 24.3 Å². The second-order valence-electron chi connectivity index (χ2n) is 11.9. The first-order valence-electron chi connectivity index (χ1n) is 12.5. The van der Waals surface area contributed by atoms with Crippen LogP contribution in [0.15, 0.2) is 58.9 Å². The topological polar surface area (TPSA) is 55.4 Å². The van der Waals surface area contributed by atoms with E-state index in [-0.39, 0.29) is 34.8 Å². The van der Waals surface area contributed by atoms with Crippen molar-refractivity contribution in [1.29, 1.82) is 0 Å². The second kappa shape index (κ2) is 9.28. The van der Waals surface area contributed by atoms with Crippen LogP contribution in [0, 0.1) is 16.6 Å². The van der Waals surface area contributed by atoms with Gasteiger partial charge >= 0.3 is 0 Å². The van der Waals surface area contributed by atoms with E-state index in [4.69, 9.17) is 27.9 Å². The van der Waals surface area contributed by atoms with Crippen LogP contribution in [0.25, 0.3) is 0 Å². The minimum atomic E-state index is -0.627. The molecule has 0 atom stereocenters. The first-order chi connectivity index (χ1) is 17.3. The summed E-state index contributed by atoms with van der Waals surface area (Å²) in [6.07, 6.45) is 2.14. The van der Waals surface area contributed by atoms with E-state index in [0.29, 0.717) is 58.2 Å². The van der Waals surface area contributed by atoms with Crippen LogP contribution in [0.4, 0.5) is 4.39 Å². The Morgan fingerprint density at radius 1 is 0.892 bits per heavy atom. The molecular formula is C30H30Cl2FNO3. The first kappa shape index (κ1) is 26.0. The Balaban J connectivity index is 1.67. The van der Waals surface area contributed by atoms with Gasteiger partial charge in [0.05, 0.1) is 5.02 Å². The van der Waals surface area contributed by atoms with E-state index in [2.05, 4.69) is 33.0 Å². The van der Waals surface area contributed by atoms with E-state index < -0.39 is 5.92 Å². The van der Waals surface area contributed by atoms with Gasteiger partial charge in [-0.1, -0.05) is 63.0 Å². The molecule has 194 valence electrons. The molecule has 1 heterocycles. The molecule has 0 radical (unpaired) electrons. The van der Waals surface area contributed by atoms with Crippen molar-refractivity contribution in [2.75, 3.05) is 0 Å². The van der Waals surface area contributed by atoms with Gasteiger partial charge in [-0.3, -0.25) is 9.59 Å². The maximum atomic E-state index is 13.7. The van der Waals surface area contributed by atoms with E-state index >= 15 is 0 Å². The van der Waals surface area contributed by atoms with Gasteiger partial charge in [-0.15, -0.1) is 0 Å². The number of hydrogen-bond donors (Lipinski definition) is 1. The van der Waals surface area contributed by atoms with Gasteiger partial charge in [0, 0.05) is 51.9 Å². The normalized spacial score (nSPS) is 20.9. The van der Waals surface area contributed by atoms with Crippen LogP contribution in [-0.2, 0) is 16.2 Å². The molecule has 1 aliphatic heterocycles. The van der Waals surface area contributed by atoms with Gasteiger partial charge in [-0.2, -0.15) is 0 Å². The second-order valence-corrected chi connectivity index (χ2v) is 12.8. The fourth-order valence-electron chi connectivity index (χ4n) is 5.88. The molecule has 7 heteroatoms. The minimum absolute atomic E-state index is 0.00789. The molecule has 2 aromatic carbocycles. The Labute approximate surface area is 226 Å². The average molecular weight is 542 g/mol. The summed E-state index contributed by atoms with van der Waals surface area (Å²) >= 11 is 13.2. The highest BCUT2D eigenvalue weighted by molar-refractivity contribution is 6.35. The predicted octanol–water partition coefficient (Wildman–Crippen LogP) is 7.68. The SMILES string of the molecule is CC1(C)CC(=O)C2=C(C1)NC1=C(C(=O)CC(C)(C)C1)C2c1cc(Cl)cc(Cl)c1OCc1ccc(F)cc1. The number of ether oxygens (including phenoxy) is 1. The summed E-state index contributed by atoms with van der Waals surface area (Å²) < 4.78 is 19.6. The number of halogens is 3. The van der Waals surface area contributed by atoms with Crippen molar-refractivity contribution in [2.24, 2.45) is 10.8 Å². The molecule has 0 unspecified atom stereocenters. The van der Waals surface area contributed by atoms with Gasteiger partial charge in [0.25, 0.3) is 0 Å². The van der Waals surface area contributed by atoms with Gasteiger partial charge in [0.15, 0.2) is 11.6 Å². The predicted molar refractivity (Wildman–Crippen MR) is 143 cm³/mol. The van der Waals surface area contributed by atoms with Gasteiger partial charge in [-0.05, 0) is 53.5 Å². The van der Waals surface area contributed by atoms with Crippen molar-refractivity contribution >= 4 is 34.8 Å². The van der Waals surface area contributed by atoms with Crippen molar-refractivity contribution in [1.82, 2.24) is 5.32 Å². The number of allylic oxidation sites excluding steroid dienone is 4. The van der Waals surface area contributed by atoms with Gasteiger partial charge in [0.1, 0.15) is 18.2 Å². The van der Waals surface area contributed by atoms with Crippen LogP contribution in [0.3, 0.4) is 0 Å². The molecule has 0 fully saturated rings. The fraction of sp³-hybridized carbons (Fsp3) is 0.400. The molecule has 3 aliphatic rings. The summed E-state index contributed by atoms with van der Waals surface area (Å²) in [6, 6.07) is 9.37. The summed E-state index contributed by atoms with van der Waals surface area (Å²) in [7, 11) is 0. The molecule has 0 amide bonds. The summed E-state index contributed by atoms with van der Waals surface area (Å²) in [6.45, 7) is 8.47. The van der Waals surface area contributed by atoms with Crippen LogP contribution >= 0.6 is 23.2 Å². The van der Waals surface area contributed by atoms with Crippen molar-refractivity contribution in [3.05, 3.63) is 85.9 Å². The largest absolute Gasteiger partial charge is 0.487 e. The lowest BCUT2D eigenvalue weighted by atomic mass is 9.64. The van der Waals surface area contributed by atoms with Crippen LogP contribution in [0.5, 0.6) is 5.75 Å².